The molecule has 1 aromatic carbocycles. The number of hydrogen-bond donors (Lipinski definition) is 1. The summed E-state index contributed by atoms with van der Waals surface area (Å²) in [5.74, 6) is 2.70. The van der Waals surface area contributed by atoms with Gasteiger partial charge < -0.3 is 24.3 Å². The fourth-order valence-electron chi connectivity index (χ4n) is 3.04. The van der Waals surface area contributed by atoms with Gasteiger partial charge in [0.1, 0.15) is 0 Å². The van der Waals surface area contributed by atoms with Gasteiger partial charge in [-0.2, -0.15) is 0 Å². The number of guanidine groups is 1. The summed E-state index contributed by atoms with van der Waals surface area (Å²) in [7, 11) is 5.85. The van der Waals surface area contributed by atoms with E-state index in [1.807, 2.05) is 69.7 Å². The number of aromatic nitrogens is 2. The van der Waals surface area contributed by atoms with Crippen molar-refractivity contribution >= 4 is 5.96 Å². The fraction of sp³-hybridized carbons (Fsp3) is 0.304. The highest BCUT2D eigenvalue weighted by Crippen LogP contribution is 2.30. The van der Waals surface area contributed by atoms with Gasteiger partial charge in [-0.3, -0.25) is 4.99 Å². The molecule has 2 aromatic heterocycles. The van der Waals surface area contributed by atoms with Crippen LogP contribution in [-0.2, 0) is 20.1 Å². The second-order valence-electron chi connectivity index (χ2n) is 6.85. The first-order valence-electron chi connectivity index (χ1n) is 9.97. The van der Waals surface area contributed by atoms with Crippen molar-refractivity contribution < 1.29 is 9.47 Å². The molecular weight excluding hydrogens is 378 g/mol. The summed E-state index contributed by atoms with van der Waals surface area (Å²) in [5, 5.41) is 3.38. The largest absolute Gasteiger partial charge is 0.490 e. The Kier molecular flexibility index (Phi) is 7.32. The molecule has 7 nitrogen and oxygen atoms in total. The second-order valence-corrected chi connectivity index (χ2v) is 6.85. The lowest BCUT2D eigenvalue weighted by molar-refractivity contribution is 0.319. The number of benzene rings is 1. The van der Waals surface area contributed by atoms with Crippen LogP contribution in [0.2, 0.25) is 0 Å². The maximum atomic E-state index is 5.88. The molecule has 0 fully saturated rings. The number of nitrogens with zero attached hydrogens (tertiary/aromatic N) is 4. The van der Waals surface area contributed by atoms with Crippen LogP contribution in [0.4, 0.5) is 0 Å². The molecule has 0 saturated heterocycles. The first-order valence-corrected chi connectivity index (χ1v) is 9.97. The summed E-state index contributed by atoms with van der Waals surface area (Å²) in [6, 6.07) is 15.6. The molecule has 7 heteroatoms. The quantitative estimate of drug-likeness (QED) is 0.454. The normalized spacial score (nSPS) is 11.3. The highest BCUT2D eigenvalue weighted by Gasteiger charge is 2.09. The van der Waals surface area contributed by atoms with Crippen LogP contribution in [0.25, 0.3) is 0 Å². The number of para-hydroxylation sites is 2. The molecule has 0 amide bonds. The third-order valence-electron chi connectivity index (χ3n) is 4.64. The summed E-state index contributed by atoms with van der Waals surface area (Å²) in [5.41, 5.74) is 2.25. The molecule has 0 spiro atoms. The lowest BCUT2D eigenvalue weighted by Gasteiger charge is -2.22. The summed E-state index contributed by atoms with van der Waals surface area (Å²) in [4.78, 5) is 10.9. The third-order valence-corrected chi connectivity index (χ3v) is 4.64. The van der Waals surface area contributed by atoms with Gasteiger partial charge in [0.2, 0.25) is 5.88 Å². The van der Waals surface area contributed by atoms with Crippen LogP contribution in [0.3, 0.4) is 0 Å². The Morgan fingerprint density at radius 2 is 1.93 bits per heavy atom. The van der Waals surface area contributed by atoms with Gasteiger partial charge in [-0.05, 0) is 36.8 Å². The van der Waals surface area contributed by atoms with Crippen molar-refractivity contribution in [3.8, 4) is 17.4 Å². The molecule has 0 unspecified atom stereocenters. The molecule has 3 rings (SSSR count). The van der Waals surface area contributed by atoms with Crippen LogP contribution >= 0.6 is 0 Å². The van der Waals surface area contributed by atoms with Crippen molar-refractivity contribution in [2.45, 2.75) is 20.0 Å². The van der Waals surface area contributed by atoms with Crippen molar-refractivity contribution in [3.05, 3.63) is 72.2 Å². The molecule has 0 atom stereocenters. The number of hydrogen-bond acceptors (Lipinski definition) is 4. The van der Waals surface area contributed by atoms with Crippen LogP contribution in [0.1, 0.15) is 18.2 Å². The molecule has 158 valence electrons. The number of rotatable bonds is 8. The number of pyridine rings is 1. The average molecular weight is 408 g/mol. The standard InChI is InChI=1S/C23H29N5O2/c1-5-29-20-10-6-7-11-21(20)30-22-13-12-18(15-25-22)16-26-23(24-2)28(4)17-19-9-8-14-27(19)3/h6-15H,5,16-17H2,1-4H3,(H,24,26). The van der Waals surface area contributed by atoms with Gasteiger partial charge in [0.25, 0.3) is 0 Å². The Balaban J connectivity index is 1.57. The zero-order chi connectivity index (χ0) is 21.3. The van der Waals surface area contributed by atoms with Crippen molar-refractivity contribution in [2.24, 2.45) is 12.0 Å². The smallest absolute Gasteiger partial charge is 0.219 e. The van der Waals surface area contributed by atoms with E-state index in [0.717, 1.165) is 18.1 Å². The van der Waals surface area contributed by atoms with E-state index in [1.165, 1.54) is 5.69 Å². The highest BCUT2D eigenvalue weighted by molar-refractivity contribution is 5.79. The molecule has 30 heavy (non-hydrogen) atoms. The Labute approximate surface area is 178 Å². The molecule has 0 saturated carbocycles. The van der Waals surface area contributed by atoms with Crippen LogP contribution < -0.4 is 14.8 Å². The molecular formula is C23H29N5O2. The van der Waals surface area contributed by atoms with E-state index < -0.39 is 0 Å². The van der Waals surface area contributed by atoms with E-state index in [0.29, 0.717) is 30.5 Å². The van der Waals surface area contributed by atoms with E-state index in [1.54, 1.807) is 13.2 Å². The third kappa shape index (κ3) is 5.53. The molecule has 0 radical (unpaired) electrons. The van der Waals surface area contributed by atoms with Crippen molar-refractivity contribution in [3.63, 3.8) is 0 Å². The molecule has 3 aromatic rings. The summed E-state index contributed by atoms with van der Waals surface area (Å²) in [6.07, 6.45) is 3.84. The van der Waals surface area contributed by atoms with E-state index in [9.17, 15) is 0 Å². The van der Waals surface area contributed by atoms with E-state index in [4.69, 9.17) is 9.47 Å². The van der Waals surface area contributed by atoms with E-state index in [-0.39, 0.29) is 0 Å². The number of aryl methyl sites for hydroxylation is 1. The summed E-state index contributed by atoms with van der Waals surface area (Å²) >= 11 is 0. The van der Waals surface area contributed by atoms with Gasteiger partial charge in [0.05, 0.1) is 13.2 Å². The number of aliphatic imine (C=N–C) groups is 1. The Hall–Kier alpha value is -3.48. The maximum Gasteiger partial charge on any atom is 0.219 e. The predicted octanol–water partition coefficient (Wildman–Crippen LogP) is 3.82. The zero-order valence-corrected chi connectivity index (χ0v) is 18.0. The summed E-state index contributed by atoms with van der Waals surface area (Å²) in [6.45, 7) is 3.92. The minimum absolute atomic E-state index is 0.524. The minimum atomic E-state index is 0.524. The Morgan fingerprint density at radius 1 is 1.13 bits per heavy atom. The van der Waals surface area contributed by atoms with Gasteiger partial charge in [0.15, 0.2) is 17.5 Å². The maximum absolute atomic E-state index is 5.88. The van der Waals surface area contributed by atoms with Crippen molar-refractivity contribution in [2.75, 3.05) is 20.7 Å². The van der Waals surface area contributed by atoms with Gasteiger partial charge >= 0.3 is 0 Å². The predicted molar refractivity (Wildman–Crippen MR) is 119 cm³/mol. The first-order chi connectivity index (χ1) is 14.6. The molecule has 0 aliphatic heterocycles. The van der Waals surface area contributed by atoms with Crippen molar-refractivity contribution in [1.82, 2.24) is 19.8 Å². The topological polar surface area (TPSA) is 63.9 Å². The molecule has 0 aliphatic carbocycles. The lowest BCUT2D eigenvalue weighted by Crippen LogP contribution is -2.38. The van der Waals surface area contributed by atoms with Crippen LogP contribution in [0.5, 0.6) is 17.4 Å². The highest BCUT2D eigenvalue weighted by atomic mass is 16.5. The Morgan fingerprint density at radius 3 is 2.57 bits per heavy atom. The summed E-state index contributed by atoms with van der Waals surface area (Å²) < 4.78 is 13.6. The van der Waals surface area contributed by atoms with Gasteiger partial charge in [-0.1, -0.05) is 18.2 Å². The van der Waals surface area contributed by atoms with Gasteiger partial charge in [0, 0.05) is 51.8 Å². The van der Waals surface area contributed by atoms with Crippen LogP contribution in [0, 0.1) is 0 Å². The zero-order valence-electron chi connectivity index (χ0n) is 18.0. The fourth-order valence-corrected chi connectivity index (χ4v) is 3.04. The number of ether oxygens (including phenoxy) is 2. The van der Waals surface area contributed by atoms with E-state index in [2.05, 4.69) is 30.8 Å². The van der Waals surface area contributed by atoms with Gasteiger partial charge in [-0.15, -0.1) is 0 Å². The Bertz CT molecular complexity index is 966. The monoisotopic (exact) mass is 407 g/mol. The van der Waals surface area contributed by atoms with Crippen LogP contribution in [0.15, 0.2) is 65.9 Å². The SMILES string of the molecule is CCOc1ccccc1Oc1ccc(CNC(=NC)N(C)Cc2cccn2C)cn1. The number of nitrogens with one attached hydrogen (secondary N) is 1. The molecule has 0 aliphatic rings. The minimum Gasteiger partial charge on any atom is -0.490 e. The molecule has 0 bridgehead atoms. The van der Waals surface area contributed by atoms with Crippen molar-refractivity contribution in [1.29, 1.82) is 0 Å². The second kappa shape index (κ2) is 10.3. The molecule has 1 N–H and O–H groups in total. The van der Waals surface area contributed by atoms with E-state index >= 15 is 0 Å². The lowest BCUT2D eigenvalue weighted by atomic mass is 10.3. The van der Waals surface area contributed by atoms with Crippen LogP contribution in [-0.4, -0.2) is 41.1 Å². The molecule has 2 heterocycles. The average Bonchev–Trinajstić information content (AvgIpc) is 3.15. The first kappa shape index (κ1) is 21.2. The van der Waals surface area contributed by atoms with Gasteiger partial charge in [-0.25, -0.2) is 4.98 Å².